The molecule has 0 amide bonds. The van der Waals surface area contributed by atoms with Gasteiger partial charge in [-0.15, -0.1) is 0 Å². The zero-order valence-corrected chi connectivity index (χ0v) is 16.4. The van der Waals surface area contributed by atoms with Gasteiger partial charge >= 0.3 is 0 Å². The molecule has 2 aromatic carbocycles. The number of aromatic hydroxyl groups is 3. The molecule has 2 aromatic rings. The lowest BCUT2D eigenvalue weighted by molar-refractivity contribution is -0.232. The summed E-state index contributed by atoms with van der Waals surface area (Å²) in [4.78, 5) is 12.9. The first-order valence-electron chi connectivity index (χ1n) is 9.72. The van der Waals surface area contributed by atoms with Crippen molar-refractivity contribution in [2.75, 3.05) is 6.61 Å². The third-order valence-electron chi connectivity index (χ3n) is 5.74. The van der Waals surface area contributed by atoms with Gasteiger partial charge in [-0.1, -0.05) is 12.1 Å². The van der Waals surface area contributed by atoms with Crippen LogP contribution in [0.4, 0.5) is 0 Å². The zero-order valence-electron chi connectivity index (χ0n) is 16.4. The van der Waals surface area contributed by atoms with E-state index in [1.165, 1.54) is 24.3 Å². The lowest BCUT2D eigenvalue weighted by Crippen LogP contribution is -2.55. The van der Waals surface area contributed by atoms with Gasteiger partial charge in [0.05, 0.1) is 12.2 Å². The van der Waals surface area contributed by atoms with Crippen molar-refractivity contribution in [3.63, 3.8) is 0 Å². The van der Waals surface area contributed by atoms with E-state index in [1.807, 2.05) is 0 Å². The second-order valence-electron chi connectivity index (χ2n) is 7.72. The van der Waals surface area contributed by atoms with Crippen molar-refractivity contribution >= 4 is 5.78 Å². The molecule has 2 aliphatic heterocycles. The Labute approximate surface area is 181 Å². The van der Waals surface area contributed by atoms with Gasteiger partial charge in [0.25, 0.3) is 0 Å². The minimum absolute atomic E-state index is 0.0368. The number of ketones is 1. The fourth-order valence-electron chi connectivity index (χ4n) is 4.00. The largest absolute Gasteiger partial charge is 0.508 e. The number of phenolic OH excluding ortho intramolecular Hbond substituents is 3. The summed E-state index contributed by atoms with van der Waals surface area (Å²) >= 11 is 0. The topological polar surface area (TPSA) is 197 Å². The van der Waals surface area contributed by atoms with E-state index in [1.54, 1.807) is 0 Å². The van der Waals surface area contributed by atoms with E-state index >= 15 is 0 Å². The number of phenols is 3. The molecule has 32 heavy (non-hydrogen) atoms. The third kappa shape index (κ3) is 3.45. The van der Waals surface area contributed by atoms with Gasteiger partial charge in [0.2, 0.25) is 5.78 Å². The van der Waals surface area contributed by atoms with Crippen LogP contribution in [0.15, 0.2) is 30.3 Å². The second-order valence-corrected chi connectivity index (χ2v) is 7.72. The van der Waals surface area contributed by atoms with Crippen molar-refractivity contribution < 1.29 is 55.1 Å². The van der Waals surface area contributed by atoms with E-state index in [2.05, 4.69) is 0 Å². The van der Waals surface area contributed by atoms with Crippen LogP contribution >= 0.6 is 0 Å². The lowest BCUT2D eigenvalue weighted by atomic mass is 9.86. The fourth-order valence-corrected chi connectivity index (χ4v) is 4.00. The molecule has 0 bridgehead atoms. The number of ether oxygens (including phenoxy) is 2. The summed E-state index contributed by atoms with van der Waals surface area (Å²) in [6.45, 7) is -0.733. The summed E-state index contributed by atoms with van der Waals surface area (Å²) in [7, 11) is 0. The minimum Gasteiger partial charge on any atom is -0.508 e. The highest BCUT2D eigenvalue weighted by Gasteiger charge is 2.48. The molecule has 0 unspecified atom stereocenters. The van der Waals surface area contributed by atoms with E-state index in [0.717, 1.165) is 6.07 Å². The first-order chi connectivity index (χ1) is 15.1. The predicted octanol–water partition coefficient (Wildman–Crippen LogP) is -1.00. The molecule has 2 aliphatic rings. The van der Waals surface area contributed by atoms with E-state index in [-0.39, 0.29) is 11.5 Å². The highest BCUT2D eigenvalue weighted by Crippen LogP contribution is 2.49. The van der Waals surface area contributed by atoms with Gasteiger partial charge in [0, 0.05) is 6.07 Å². The van der Waals surface area contributed by atoms with Crippen LogP contribution < -0.4 is 4.74 Å². The Hall–Kier alpha value is -2.93. The summed E-state index contributed by atoms with van der Waals surface area (Å²) in [6, 6.07) is 6.53. The Balaban J connectivity index is 1.76. The van der Waals surface area contributed by atoms with Crippen LogP contribution in [0.3, 0.4) is 0 Å². The Morgan fingerprint density at radius 3 is 2.16 bits per heavy atom. The normalized spacial score (nSPS) is 32.3. The molecule has 2 heterocycles. The maximum Gasteiger partial charge on any atom is 0.202 e. The van der Waals surface area contributed by atoms with Crippen LogP contribution in [-0.2, 0) is 4.74 Å². The van der Waals surface area contributed by atoms with Crippen LogP contribution in [0, 0.1) is 0 Å². The summed E-state index contributed by atoms with van der Waals surface area (Å²) in [6.07, 6.45) is -11.1. The number of benzene rings is 2. The van der Waals surface area contributed by atoms with Crippen LogP contribution in [0.5, 0.6) is 23.0 Å². The van der Waals surface area contributed by atoms with E-state index < -0.39 is 77.7 Å². The Kier molecular flexibility index (Phi) is 5.71. The van der Waals surface area contributed by atoms with Crippen molar-refractivity contribution in [3.05, 3.63) is 47.0 Å². The van der Waals surface area contributed by atoms with Gasteiger partial charge in [0.15, 0.2) is 12.2 Å². The molecule has 0 aromatic heterocycles. The van der Waals surface area contributed by atoms with E-state index in [9.17, 15) is 45.6 Å². The third-order valence-corrected chi connectivity index (χ3v) is 5.74. The highest BCUT2D eigenvalue weighted by atomic mass is 16.5. The Morgan fingerprint density at radius 1 is 0.875 bits per heavy atom. The summed E-state index contributed by atoms with van der Waals surface area (Å²) in [5, 5.41) is 80.9. The summed E-state index contributed by atoms with van der Waals surface area (Å²) in [5.41, 5.74) is -0.600. The maximum absolute atomic E-state index is 12.9. The van der Waals surface area contributed by atoms with Crippen molar-refractivity contribution in [1.82, 2.24) is 0 Å². The number of Topliss-reactive ketones (excluding diaryl/α,β-unsaturated/α-hetero) is 1. The highest BCUT2D eigenvalue weighted by molar-refractivity contribution is 6.06. The summed E-state index contributed by atoms with van der Waals surface area (Å²) < 4.78 is 11.0. The number of aliphatic hydroxyl groups excluding tert-OH is 5. The SMILES string of the molecule is O=C1c2c(cc(O)c([C@@H]3O[C@H](CO)[C@@H](O)[C@H](O)[C@H]3O)c2O)O[C@@H](c2ccc(O)cc2)[C@H]1O. The number of hydrogen-bond acceptors (Lipinski definition) is 11. The molecule has 1 saturated heterocycles. The average molecular weight is 450 g/mol. The van der Waals surface area contributed by atoms with Crippen molar-refractivity contribution in [1.29, 1.82) is 0 Å². The average Bonchev–Trinajstić information content (AvgIpc) is 2.76. The van der Waals surface area contributed by atoms with Gasteiger partial charge in [-0.2, -0.15) is 0 Å². The first kappa shape index (κ1) is 22.3. The number of carbonyl (C=O) groups is 1. The molecule has 0 spiro atoms. The summed E-state index contributed by atoms with van der Waals surface area (Å²) in [5.74, 6) is -2.73. The number of aliphatic hydroxyl groups is 5. The molecule has 11 heteroatoms. The number of fused-ring (bicyclic) bond motifs is 1. The molecule has 4 rings (SSSR count). The van der Waals surface area contributed by atoms with Gasteiger partial charge in [-0.05, 0) is 17.7 Å². The monoisotopic (exact) mass is 450 g/mol. The maximum atomic E-state index is 12.9. The van der Waals surface area contributed by atoms with Crippen LogP contribution in [-0.4, -0.2) is 83.8 Å². The van der Waals surface area contributed by atoms with Gasteiger partial charge in [-0.3, -0.25) is 4.79 Å². The quantitative estimate of drug-likeness (QED) is 0.285. The molecule has 172 valence electrons. The molecule has 7 atom stereocenters. The van der Waals surface area contributed by atoms with Crippen molar-refractivity contribution in [2.45, 2.75) is 42.7 Å². The molecule has 11 nitrogen and oxygen atoms in total. The standard InChI is InChI=1S/C21H22O11/c22-6-11-14(25)17(28)19(30)21(32-11)12-9(24)5-10-13(15(12)26)16(27)18(29)20(31-10)7-1-3-8(23)4-2-7/h1-5,11,14,17-26,28-30H,6H2/t11-,14-,17+,18+,19-,20+,21+/m1/s1. The lowest BCUT2D eigenvalue weighted by Gasteiger charge is -2.41. The van der Waals surface area contributed by atoms with E-state index in [0.29, 0.717) is 5.56 Å². The molecule has 0 saturated carbocycles. The van der Waals surface area contributed by atoms with Crippen LogP contribution in [0.1, 0.15) is 33.7 Å². The molecule has 8 N–H and O–H groups in total. The zero-order chi connectivity index (χ0) is 23.3. The van der Waals surface area contributed by atoms with Gasteiger partial charge in [-0.25, -0.2) is 0 Å². The van der Waals surface area contributed by atoms with Gasteiger partial charge in [0.1, 0.15) is 59.1 Å². The van der Waals surface area contributed by atoms with E-state index in [4.69, 9.17) is 9.47 Å². The van der Waals surface area contributed by atoms with Crippen molar-refractivity contribution in [3.8, 4) is 23.0 Å². The molecule has 0 radical (unpaired) electrons. The molecular formula is C21H22O11. The minimum atomic E-state index is -1.82. The Morgan fingerprint density at radius 2 is 1.53 bits per heavy atom. The number of carbonyl (C=O) groups excluding carboxylic acids is 1. The number of hydrogen-bond donors (Lipinski definition) is 8. The van der Waals surface area contributed by atoms with Crippen LogP contribution in [0.25, 0.3) is 0 Å². The van der Waals surface area contributed by atoms with Crippen molar-refractivity contribution in [2.24, 2.45) is 0 Å². The smallest absolute Gasteiger partial charge is 0.202 e. The van der Waals surface area contributed by atoms with Gasteiger partial charge < -0.3 is 50.3 Å². The molecular weight excluding hydrogens is 428 g/mol. The second kappa shape index (κ2) is 8.20. The first-order valence-corrected chi connectivity index (χ1v) is 9.72. The Bertz CT molecular complexity index is 1020. The predicted molar refractivity (Wildman–Crippen MR) is 104 cm³/mol. The molecule has 1 fully saturated rings. The number of rotatable bonds is 3. The fraction of sp³-hybridized carbons (Fsp3) is 0.381. The molecule has 0 aliphatic carbocycles. The van der Waals surface area contributed by atoms with Crippen LogP contribution in [0.2, 0.25) is 0 Å².